The lowest BCUT2D eigenvalue weighted by atomic mass is 10.1. The molecule has 0 N–H and O–H groups in total. The first-order valence-corrected chi connectivity index (χ1v) is 14.6. The van der Waals surface area contributed by atoms with E-state index >= 15 is 0 Å². The van der Waals surface area contributed by atoms with E-state index in [0.29, 0.717) is 27.7 Å². The van der Waals surface area contributed by atoms with E-state index in [1.165, 1.54) is 0 Å². The molecule has 4 rings (SSSR count). The first-order chi connectivity index (χ1) is 18.7. The minimum absolute atomic E-state index is 0.0268. The number of likely N-dealkylation sites (N-methyl/N-ethyl adjacent to an activating group) is 1. The van der Waals surface area contributed by atoms with Crippen molar-refractivity contribution in [2.45, 2.75) is 55.5 Å². The van der Waals surface area contributed by atoms with Crippen LogP contribution in [-0.4, -0.2) is 57.0 Å². The van der Waals surface area contributed by atoms with Crippen molar-refractivity contribution in [1.29, 1.82) is 0 Å². The van der Waals surface area contributed by atoms with Gasteiger partial charge < -0.3 is 14.2 Å². The maximum Gasteiger partial charge on any atom is 0.209 e. The van der Waals surface area contributed by atoms with Gasteiger partial charge in [-0.1, -0.05) is 26.8 Å². The first-order valence-electron chi connectivity index (χ1n) is 13.1. The van der Waals surface area contributed by atoms with Crippen molar-refractivity contribution >= 4 is 15.4 Å². The van der Waals surface area contributed by atoms with Gasteiger partial charge in [-0.2, -0.15) is 5.10 Å². The Morgan fingerprint density at radius 1 is 1.00 bits per heavy atom. The predicted octanol–water partition coefficient (Wildman–Crippen LogP) is 5.60. The average molecular weight is 552 g/mol. The number of rotatable bonds is 12. The van der Waals surface area contributed by atoms with Gasteiger partial charge >= 0.3 is 0 Å². The van der Waals surface area contributed by atoms with Crippen molar-refractivity contribution in [1.82, 2.24) is 14.5 Å². The predicted molar refractivity (Wildman–Crippen MR) is 152 cm³/mol. The zero-order chi connectivity index (χ0) is 28.2. The summed E-state index contributed by atoms with van der Waals surface area (Å²) in [6, 6.07) is 16.2. The van der Waals surface area contributed by atoms with E-state index in [-0.39, 0.29) is 17.0 Å². The summed E-state index contributed by atoms with van der Waals surface area (Å²) in [4.78, 5) is 2.68. The van der Waals surface area contributed by atoms with E-state index in [2.05, 4.69) is 16.9 Å². The molecule has 0 spiro atoms. The highest BCUT2D eigenvalue weighted by atomic mass is 32.2. The van der Waals surface area contributed by atoms with Gasteiger partial charge in [-0.05, 0) is 85.5 Å². The number of nitrogens with zero attached hydrogens (tertiary/aromatic N) is 3. The summed E-state index contributed by atoms with van der Waals surface area (Å²) in [6.45, 7) is 6.80. The molecule has 39 heavy (non-hydrogen) atoms. The number of methoxy groups -OCH3 is 2. The number of hydrogen-bond acceptors (Lipinski definition) is 7. The van der Waals surface area contributed by atoms with E-state index in [1.807, 2.05) is 39.1 Å². The number of sulfone groups is 1. The number of benzene rings is 2. The van der Waals surface area contributed by atoms with Gasteiger partial charge in [0.25, 0.3) is 0 Å². The number of aromatic nitrogens is 2. The second-order valence-electron chi connectivity index (χ2n) is 9.80. The molecule has 8 nitrogen and oxygen atoms in total. The SMILES string of the molecule is CCC(Oc1ccc(S(=O)(=O)c2c(C(C)C)cn3ncccc23)cc1)N(C)CCc1ccc(OC)c(OC)c1. The highest BCUT2D eigenvalue weighted by molar-refractivity contribution is 7.91. The van der Waals surface area contributed by atoms with Gasteiger partial charge in [-0.15, -0.1) is 0 Å². The van der Waals surface area contributed by atoms with Gasteiger partial charge in [-0.25, -0.2) is 12.9 Å². The smallest absolute Gasteiger partial charge is 0.209 e. The van der Waals surface area contributed by atoms with E-state index in [1.54, 1.807) is 67.5 Å². The summed E-state index contributed by atoms with van der Waals surface area (Å²) in [5.41, 5.74) is 2.46. The molecular formula is C30H37N3O5S. The first kappa shape index (κ1) is 28.4. The molecule has 4 aromatic rings. The molecule has 0 amide bonds. The van der Waals surface area contributed by atoms with Gasteiger partial charge in [0, 0.05) is 18.9 Å². The fourth-order valence-electron chi connectivity index (χ4n) is 4.65. The lowest BCUT2D eigenvalue weighted by Gasteiger charge is -2.28. The Hall–Kier alpha value is -3.56. The monoisotopic (exact) mass is 551 g/mol. The van der Waals surface area contributed by atoms with Crippen molar-refractivity contribution in [2.24, 2.45) is 0 Å². The Kier molecular flexibility index (Phi) is 8.82. The molecule has 2 aromatic heterocycles. The topological polar surface area (TPSA) is 82.4 Å². The van der Waals surface area contributed by atoms with Crippen molar-refractivity contribution in [3.8, 4) is 17.2 Å². The van der Waals surface area contributed by atoms with Crippen LogP contribution in [0.1, 0.15) is 44.2 Å². The van der Waals surface area contributed by atoms with E-state index in [4.69, 9.17) is 14.2 Å². The second-order valence-corrected chi connectivity index (χ2v) is 11.7. The summed E-state index contributed by atoms with van der Waals surface area (Å²) in [5.74, 6) is 2.06. The summed E-state index contributed by atoms with van der Waals surface area (Å²) in [5, 5.41) is 4.29. The van der Waals surface area contributed by atoms with Gasteiger partial charge in [0.1, 0.15) is 10.6 Å². The molecule has 1 atom stereocenters. The minimum atomic E-state index is -3.76. The van der Waals surface area contributed by atoms with Gasteiger partial charge in [0.05, 0.1) is 24.6 Å². The van der Waals surface area contributed by atoms with Crippen LogP contribution in [0.5, 0.6) is 17.2 Å². The van der Waals surface area contributed by atoms with Crippen LogP contribution in [0.15, 0.2) is 76.8 Å². The largest absolute Gasteiger partial charge is 0.493 e. The summed E-state index contributed by atoms with van der Waals surface area (Å²) in [7, 11) is 1.52. The highest BCUT2D eigenvalue weighted by Crippen LogP contribution is 2.34. The van der Waals surface area contributed by atoms with Crippen LogP contribution >= 0.6 is 0 Å². The fraction of sp³-hybridized carbons (Fsp3) is 0.367. The molecule has 1 unspecified atom stereocenters. The Morgan fingerprint density at radius 2 is 1.72 bits per heavy atom. The van der Waals surface area contributed by atoms with Crippen LogP contribution in [0.25, 0.3) is 5.52 Å². The molecule has 0 aliphatic carbocycles. The normalized spacial score (nSPS) is 12.7. The Labute approximate surface area is 231 Å². The maximum absolute atomic E-state index is 13.7. The molecule has 2 heterocycles. The molecule has 0 radical (unpaired) electrons. The molecule has 0 saturated heterocycles. The highest BCUT2D eigenvalue weighted by Gasteiger charge is 2.27. The molecule has 208 valence electrons. The lowest BCUT2D eigenvalue weighted by molar-refractivity contribution is 0.0427. The standard InChI is InChI=1S/C30H37N3O5S/c1-7-29(32(4)18-16-22-10-15-27(36-5)28(19-22)37-6)38-23-11-13-24(14-12-23)39(34,35)30-25(21(2)3)20-33-26(30)9-8-17-31-33/h8-15,17,19-21,29H,7,16,18H2,1-6H3. The number of ether oxygens (including phenoxy) is 3. The molecule has 0 aliphatic heterocycles. The summed E-state index contributed by atoms with van der Waals surface area (Å²) >= 11 is 0. The van der Waals surface area contributed by atoms with E-state index in [9.17, 15) is 8.42 Å². The molecule has 0 aliphatic rings. The van der Waals surface area contributed by atoms with Crippen molar-refractivity contribution in [3.05, 3.63) is 78.1 Å². The quantitative estimate of drug-likeness (QED) is 0.212. The molecular weight excluding hydrogens is 514 g/mol. The van der Waals surface area contributed by atoms with Crippen LogP contribution < -0.4 is 14.2 Å². The third-order valence-electron chi connectivity index (χ3n) is 6.87. The van der Waals surface area contributed by atoms with Crippen LogP contribution in [0, 0.1) is 0 Å². The maximum atomic E-state index is 13.7. The molecule has 0 fully saturated rings. The van der Waals surface area contributed by atoms with Gasteiger partial charge in [0.15, 0.2) is 17.7 Å². The average Bonchev–Trinajstić information content (AvgIpc) is 3.36. The summed E-state index contributed by atoms with van der Waals surface area (Å²) < 4.78 is 46.1. The minimum Gasteiger partial charge on any atom is -0.493 e. The Balaban J connectivity index is 1.48. The molecule has 0 saturated carbocycles. The van der Waals surface area contributed by atoms with Crippen LogP contribution in [0.4, 0.5) is 0 Å². The number of fused-ring (bicyclic) bond motifs is 1. The molecule has 0 bridgehead atoms. The van der Waals surface area contributed by atoms with Crippen LogP contribution in [0.2, 0.25) is 0 Å². The van der Waals surface area contributed by atoms with E-state index in [0.717, 1.165) is 30.5 Å². The van der Waals surface area contributed by atoms with Crippen LogP contribution in [0.3, 0.4) is 0 Å². The lowest BCUT2D eigenvalue weighted by Crippen LogP contribution is -2.37. The molecule has 9 heteroatoms. The Morgan fingerprint density at radius 3 is 2.36 bits per heavy atom. The molecule has 2 aromatic carbocycles. The zero-order valence-electron chi connectivity index (χ0n) is 23.4. The Bertz CT molecular complexity index is 1510. The van der Waals surface area contributed by atoms with E-state index < -0.39 is 9.84 Å². The zero-order valence-corrected chi connectivity index (χ0v) is 24.2. The number of hydrogen-bond donors (Lipinski definition) is 0. The third-order valence-corrected chi connectivity index (χ3v) is 8.75. The van der Waals surface area contributed by atoms with Gasteiger partial charge in [0.2, 0.25) is 9.84 Å². The van der Waals surface area contributed by atoms with Gasteiger partial charge in [-0.3, -0.25) is 4.90 Å². The second kappa shape index (κ2) is 12.1. The third kappa shape index (κ3) is 6.04. The van der Waals surface area contributed by atoms with Crippen molar-refractivity contribution < 1.29 is 22.6 Å². The summed E-state index contributed by atoms with van der Waals surface area (Å²) in [6.07, 6.45) is 4.86. The van der Waals surface area contributed by atoms with Crippen molar-refractivity contribution in [2.75, 3.05) is 27.8 Å². The van der Waals surface area contributed by atoms with Crippen molar-refractivity contribution in [3.63, 3.8) is 0 Å². The van der Waals surface area contributed by atoms with Crippen LogP contribution in [-0.2, 0) is 16.3 Å². The fourth-order valence-corrected chi connectivity index (χ4v) is 6.42.